The number of aromatic nitrogens is 1. The van der Waals surface area contributed by atoms with E-state index in [0.29, 0.717) is 23.7 Å². The summed E-state index contributed by atoms with van der Waals surface area (Å²) in [6.45, 7) is 4.48. The number of carbonyl (C=O) groups is 3. The summed E-state index contributed by atoms with van der Waals surface area (Å²) >= 11 is 0. The number of imide groups is 1. The molecule has 26 heavy (non-hydrogen) atoms. The minimum absolute atomic E-state index is 0.0377. The first-order valence-corrected chi connectivity index (χ1v) is 8.09. The van der Waals surface area contributed by atoms with Gasteiger partial charge in [-0.25, -0.2) is 0 Å². The minimum Gasteiger partial charge on any atom is -0.384 e. The summed E-state index contributed by atoms with van der Waals surface area (Å²) in [7, 11) is 0. The van der Waals surface area contributed by atoms with Crippen molar-refractivity contribution in [3.05, 3.63) is 57.4 Å². The van der Waals surface area contributed by atoms with Crippen LogP contribution in [-0.4, -0.2) is 28.8 Å². The lowest BCUT2D eigenvalue weighted by Gasteiger charge is -2.13. The molecule has 0 spiro atoms. The van der Waals surface area contributed by atoms with E-state index in [1.807, 2.05) is 13.8 Å². The molecule has 2 aromatic rings. The van der Waals surface area contributed by atoms with Gasteiger partial charge < -0.3 is 11.1 Å². The fraction of sp³-hybridized carbons (Fsp3) is 0.222. The smallest absolute Gasteiger partial charge is 0.262 e. The first kappa shape index (κ1) is 17.4. The SMILES string of the molecule is CC(C)CNC(=O)c1cccc(-n2c(N)c3c(cc2=O)C(=O)NC3=O)c1. The van der Waals surface area contributed by atoms with E-state index in [1.54, 1.807) is 18.2 Å². The summed E-state index contributed by atoms with van der Waals surface area (Å²) in [5, 5.41) is 4.91. The Morgan fingerprint density at radius 1 is 1.19 bits per heavy atom. The number of nitrogens with two attached hydrogens (primary N) is 1. The Bertz CT molecular complexity index is 991. The monoisotopic (exact) mass is 354 g/mol. The summed E-state index contributed by atoms with van der Waals surface area (Å²) in [5.74, 6) is -1.42. The van der Waals surface area contributed by atoms with Gasteiger partial charge in [0.1, 0.15) is 5.82 Å². The predicted octanol–water partition coefficient (Wildman–Crippen LogP) is 0.689. The maximum absolute atomic E-state index is 12.4. The Morgan fingerprint density at radius 2 is 1.92 bits per heavy atom. The van der Waals surface area contributed by atoms with Crippen LogP contribution in [0.15, 0.2) is 35.1 Å². The number of nitrogens with one attached hydrogen (secondary N) is 2. The van der Waals surface area contributed by atoms with E-state index in [4.69, 9.17) is 5.73 Å². The molecule has 8 nitrogen and oxygen atoms in total. The molecule has 0 saturated carbocycles. The molecule has 0 aliphatic carbocycles. The first-order chi connectivity index (χ1) is 12.3. The van der Waals surface area contributed by atoms with Gasteiger partial charge in [-0.1, -0.05) is 19.9 Å². The van der Waals surface area contributed by atoms with Crippen LogP contribution in [0.4, 0.5) is 5.82 Å². The third kappa shape index (κ3) is 2.97. The maximum atomic E-state index is 12.4. The van der Waals surface area contributed by atoms with Gasteiger partial charge in [0.05, 0.1) is 16.8 Å². The van der Waals surface area contributed by atoms with E-state index in [9.17, 15) is 19.2 Å². The molecule has 8 heteroatoms. The van der Waals surface area contributed by atoms with E-state index in [2.05, 4.69) is 10.6 Å². The van der Waals surface area contributed by atoms with Crippen molar-refractivity contribution in [2.75, 3.05) is 12.3 Å². The molecule has 3 rings (SSSR count). The number of amides is 3. The van der Waals surface area contributed by atoms with Crippen LogP contribution in [0.25, 0.3) is 5.69 Å². The van der Waals surface area contributed by atoms with E-state index in [0.717, 1.165) is 10.6 Å². The zero-order chi connectivity index (χ0) is 19.0. The lowest BCUT2D eigenvalue weighted by molar-refractivity contribution is 0.0878. The second-order valence-corrected chi connectivity index (χ2v) is 6.43. The lowest BCUT2D eigenvalue weighted by Crippen LogP contribution is -2.28. The largest absolute Gasteiger partial charge is 0.384 e. The Balaban J connectivity index is 2.06. The number of anilines is 1. The van der Waals surface area contributed by atoms with E-state index in [1.165, 1.54) is 6.07 Å². The molecule has 2 heterocycles. The number of fused-ring (bicyclic) bond motifs is 1. The molecule has 4 N–H and O–H groups in total. The zero-order valence-electron chi connectivity index (χ0n) is 14.3. The molecule has 0 radical (unpaired) electrons. The molecule has 1 aliphatic rings. The van der Waals surface area contributed by atoms with Gasteiger partial charge in [-0.3, -0.25) is 29.1 Å². The molecule has 0 unspecified atom stereocenters. The molecular formula is C18H18N4O4. The Hall–Kier alpha value is -3.42. The van der Waals surface area contributed by atoms with Gasteiger partial charge in [-0.05, 0) is 24.1 Å². The summed E-state index contributed by atoms with van der Waals surface area (Å²) in [4.78, 5) is 48.3. The highest BCUT2D eigenvalue weighted by atomic mass is 16.2. The summed E-state index contributed by atoms with van der Waals surface area (Å²) in [6, 6.07) is 7.40. The second kappa shape index (κ2) is 6.47. The molecule has 134 valence electrons. The number of carbonyl (C=O) groups excluding carboxylic acids is 3. The van der Waals surface area contributed by atoms with Crippen LogP contribution >= 0.6 is 0 Å². The van der Waals surface area contributed by atoms with Gasteiger partial charge in [-0.2, -0.15) is 0 Å². The fourth-order valence-electron chi connectivity index (χ4n) is 2.73. The number of nitrogen functional groups attached to an aromatic ring is 1. The third-order valence-electron chi connectivity index (χ3n) is 3.99. The highest BCUT2D eigenvalue weighted by Crippen LogP contribution is 2.23. The average Bonchev–Trinajstić information content (AvgIpc) is 2.87. The van der Waals surface area contributed by atoms with Crippen LogP contribution in [0, 0.1) is 5.92 Å². The fourth-order valence-corrected chi connectivity index (χ4v) is 2.73. The van der Waals surface area contributed by atoms with Crippen LogP contribution in [0.5, 0.6) is 0 Å². The third-order valence-corrected chi connectivity index (χ3v) is 3.99. The summed E-state index contributed by atoms with van der Waals surface area (Å²) in [6.07, 6.45) is 0. The van der Waals surface area contributed by atoms with Gasteiger partial charge in [0.25, 0.3) is 23.3 Å². The predicted molar refractivity (Wildman–Crippen MR) is 95.4 cm³/mol. The van der Waals surface area contributed by atoms with Crippen molar-refractivity contribution in [3.8, 4) is 5.69 Å². The van der Waals surface area contributed by atoms with Crippen molar-refractivity contribution in [1.29, 1.82) is 0 Å². The molecule has 1 aromatic carbocycles. The molecule has 0 saturated heterocycles. The Morgan fingerprint density at radius 3 is 2.62 bits per heavy atom. The summed E-state index contributed by atoms with van der Waals surface area (Å²) < 4.78 is 1.11. The van der Waals surface area contributed by atoms with Crippen molar-refractivity contribution < 1.29 is 14.4 Å². The topological polar surface area (TPSA) is 123 Å². The molecule has 0 atom stereocenters. The van der Waals surface area contributed by atoms with Crippen LogP contribution in [0.2, 0.25) is 0 Å². The summed E-state index contributed by atoms with van der Waals surface area (Å²) in [5.41, 5.74) is 6.04. The van der Waals surface area contributed by atoms with Gasteiger partial charge >= 0.3 is 0 Å². The minimum atomic E-state index is -0.651. The molecule has 1 aromatic heterocycles. The lowest BCUT2D eigenvalue weighted by atomic mass is 10.1. The van der Waals surface area contributed by atoms with Crippen LogP contribution in [0.3, 0.4) is 0 Å². The van der Waals surface area contributed by atoms with Crippen molar-refractivity contribution in [3.63, 3.8) is 0 Å². The maximum Gasteiger partial charge on any atom is 0.262 e. The second-order valence-electron chi connectivity index (χ2n) is 6.43. The zero-order valence-corrected chi connectivity index (χ0v) is 14.3. The van der Waals surface area contributed by atoms with E-state index >= 15 is 0 Å². The van der Waals surface area contributed by atoms with Crippen molar-refractivity contribution >= 4 is 23.5 Å². The molecule has 0 fully saturated rings. The number of nitrogens with zero attached hydrogens (tertiary/aromatic N) is 1. The molecule has 3 amide bonds. The highest BCUT2D eigenvalue weighted by molar-refractivity contribution is 6.23. The quantitative estimate of drug-likeness (QED) is 0.697. The Labute approximate surface area is 149 Å². The van der Waals surface area contributed by atoms with Crippen LogP contribution < -0.4 is 21.9 Å². The van der Waals surface area contributed by atoms with Crippen molar-refractivity contribution in [1.82, 2.24) is 15.2 Å². The van der Waals surface area contributed by atoms with Gasteiger partial charge in [0.2, 0.25) is 0 Å². The number of hydrogen-bond acceptors (Lipinski definition) is 5. The number of benzene rings is 1. The van der Waals surface area contributed by atoms with Gasteiger partial charge in [0.15, 0.2) is 0 Å². The number of hydrogen-bond donors (Lipinski definition) is 3. The standard InChI is InChI=1S/C18H18N4O4/c1-9(2)8-20-16(24)10-4-3-5-11(6-10)22-13(23)7-12-14(15(22)19)18(26)21-17(12)25/h3-7,9H,8,19H2,1-2H3,(H,20,24)(H,21,25,26). The van der Waals surface area contributed by atoms with Crippen molar-refractivity contribution in [2.45, 2.75) is 13.8 Å². The van der Waals surface area contributed by atoms with E-state index in [-0.39, 0.29) is 22.9 Å². The normalized spacial score (nSPS) is 12.9. The highest BCUT2D eigenvalue weighted by Gasteiger charge is 2.31. The first-order valence-electron chi connectivity index (χ1n) is 8.09. The van der Waals surface area contributed by atoms with Crippen LogP contribution in [-0.2, 0) is 0 Å². The van der Waals surface area contributed by atoms with Gasteiger partial charge in [0, 0.05) is 18.2 Å². The molecule has 1 aliphatic heterocycles. The average molecular weight is 354 g/mol. The Kier molecular flexibility index (Phi) is 4.33. The number of pyridine rings is 1. The number of rotatable bonds is 4. The molecular weight excluding hydrogens is 336 g/mol. The van der Waals surface area contributed by atoms with Crippen LogP contribution in [0.1, 0.15) is 44.9 Å². The van der Waals surface area contributed by atoms with Crippen molar-refractivity contribution in [2.24, 2.45) is 5.92 Å². The van der Waals surface area contributed by atoms with E-state index < -0.39 is 17.4 Å². The molecule has 0 bridgehead atoms. The van der Waals surface area contributed by atoms with Gasteiger partial charge in [-0.15, -0.1) is 0 Å².